The molecule has 1 spiro atoms. The van der Waals surface area contributed by atoms with Crippen molar-refractivity contribution in [2.24, 2.45) is 17.8 Å². The third-order valence-electron chi connectivity index (χ3n) is 8.27. The fourth-order valence-corrected chi connectivity index (χ4v) is 6.54. The molecule has 2 saturated heterocycles. The van der Waals surface area contributed by atoms with Gasteiger partial charge in [0.2, 0.25) is 17.7 Å². The molecule has 1 aliphatic carbocycles. The Hall–Kier alpha value is -2.67. The zero-order chi connectivity index (χ0) is 24.8. The Morgan fingerprint density at radius 1 is 1.09 bits per heavy atom. The largest absolute Gasteiger partial charge is 0.356 e. The van der Waals surface area contributed by atoms with Crippen LogP contribution >= 0.6 is 0 Å². The minimum atomic E-state index is -1.12. The van der Waals surface area contributed by atoms with Crippen molar-refractivity contribution in [3.8, 4) is 0 Å². The molecule has 2 N–H and O–H groups in total. The Labute approximate surface area is 207 Å². The first-order valence-corrected chi connectivity index (χ1v) is 13.1. The van der Waals surface area contributed by atoms with Gasteiger partial charge in [0.15, 0.2) is 0 Å². The topological polar surface area (TPSA) is 87.7 Å². The molecule has 3 heterocycles. The monoisotopic (exact) mass is 479 g/mol. The first kappa shape index (κ1) is 24.0. The number of hydrogen-bond acceptors (Lipinski definition) is 4. The van der Waals surface area contributed by atoms with Crippen molar-refractivity contribution in [1.82, 2.24) is 10.2 Å². The van der Waals surface area contributed by atoms with E-state index in [1.54, 1.807) is 4.90 Å². The number of anilines is 1. The first-order chi connectivity index (χ1) is 16.7. The van der Waals surface area contributed by atoms with Crippen LogP contribution in [0.1, 0.15) is 59.3 Å². The summed E-state index contributed by atoms with van der Waals surface area (Å²) >= 11 is 0. The number of carbonyl (C=O) groups is 3. The standard InChI is InChI=1S/C28H37N3O4/c1-18(2)14-17-31-23(25(33)30-20-12-8-5-9-13-20)28-16-15-27(3,35-28)21(22(28)26(31)34)24(32)29-19-10-6-4-7-11-19/h4,6-7,10-11,15-16,18,20-23H,5,8-9,12-14,17H2,1-3H3,(H,29,32)(H,30,33). The molecular formula is C28H37N3O4. The van der Waals surface area contributed by atoms with Crippen molar-refractivity contribution in [3.63, 3.8) is 0 Å². The molecule has 1 aromatic rings. The van der Waals surface area contributed by atoms with Gasteiger partial charge >= 0.3 is 0 Å². The van der Waals surface area contributed by atoms with Crippen LogP contribution < -0.4 is 10.6 Å². The van der Waals surface area contributed by atoms with Crippen LogP contribution in [0.25, 0.3) is 0 Å². The van der Waals surface area contributed by atoms with E-state index in [1.165, 1.54) is 6.42 Å². The zero-order valence-corrected chi connectivity index (χ0v) is 21.0. The molecule has 3 fully saturated rings. The molecule has 5 rings (SSSR count). The number of ether oxygens (including phenoxy) is 1. The van der Waals surface area contributed by atoms with Gasteiger partial charge in [-0.1, -0.05) is 63.5 Å². The lowest BCUT2D eigenvalue weighted by Crippen LogP contribution is -2.56. The molecule has 2 bridgehead atoms. The number of nitrogens with zero attached hydrogens (tertiary/aromatic N) is 1. The number of amides is 3. The normalized spacial score (nSPS) is 33.9. The van der Waals surface area contributed by atoms with Crippen LogP contribution in [0.5, 0.6) is 0 Å². The second-order valence-electron chi connectivity index (χ2n) is 11.2. The molecule has 7 heteroatoms. The average molecular weight is 480 g/mol. The van der Waals surface area contributed by atoms with E-state index in [9.17, 15) is 14.4 Å². The smallest absolute Gasteiger partial charge is 0.246 e. The molecule has 4 aliphatic rings. The number of carbonyl (C=O) groups excluding carboxylic acids is 3. The molecule has 3 amide bonds. The van der Waals surface area contributed by atoms with Gasteiger partial charge < -0.3 is 20.3 Å². The van der Waals surface area contributed by atoms with Crippen molar-refractivity contribution >= 4 is 23.4 Å². The fraction of sp³-hybridized carbons (Fsp3) is 0.607. The molecule has 5 atom stereocenters. The van der Waals surface area contributed by atoms with E-state index >= 15 is 0 Å². The maximum absolute atomic E-state index is 14.0. The maximum atomic E-state index is 14.0. The minimum Gasteiger partial charge on any atom is -0.356 e. The van der Waals surface area contributed by atoms with Crippen molar-refractivity contribution < 1.29 is 19.1 Å². The van der Waals surface area contributed by atoms with Crippen LogP contribution in [0.4, 0.5) is 5.69 Å². The molecule has 0 radical (unpaired) electrons. The van der Waals surface area contributed by atoms with Crippen molar-refractivity contribution in [2.45, 2.75) is 82.6 Å². The molecule has 188 valence electrons. The molecular weight excluding hydrogens is 442 g/mol. The van der Waals surface area contributed by atoms with E-state index in [-0.39, 0.29) is 23.8 Å². The van der Waals surface area contributed by atoms with Crippen LogP contribution in [-0.4, -0.2) is 52.5 Å². The molecule has 7 nitrogen and oxygen atoms in total. The fourth-order valence-electron chi connectivity index (χ4n) is 6.54. The summed E-state index contributed by atoms with van der Waals surface area (Å²) in [6.45, 7) is 6.54. The Bertz CT molecular complexity index is 1020. The summed E-state index contributed by atoms with van der Waals surface area (Å²) in [4.78, 5) is 43.0. The van der Waals surface area contributed by atoms with Crippen molar-refractivity contribution in [3.05, 3.63) is 42.5 Å². The Morgan fingerprint density at radius 3 is 2.49 bits per heavy atom. The summed E-state index contributed by atoms with van der Waals surface area (Å²) in [6, 6.07) is 8.61. The number of likely N-dealkylation sites (tertiary alicyclic amines) is 1. The van der Waals surface area contributed by atoms with E-state index in [2.05, 4.69) is 24.5 Å². The molecule has 0 aromatic heterocycles. The highest BCUT2D eigenvalue weighted by Crippen LogP contribution is 2.59. The second-order valence-corrected chi connectivity index (χ2v) is 11.2. The summed E-state index contributed by atoms with van der Waals surface area (Å²) in [5, 5.41) is 6.21. The predicted molar refractivity (Wildman–Crippen MR) is 133 cm³/mol. The number of nitrogens with one attached hydrogen (secondary N) is 2. The van der Waals surface area contributed by atoms with Crippen LogP contribution in [0.3, 0.4) is 0 Å². The van der Waals surface area contributed by atoms with Gasteiger partial charge in [0.25, 0.3) is 0 Å². The van der Waals surface area contributed by atoms with Gasteiger partial charge in [0, 0.05) is 18.3 Å². The van der Waals surface area contributed by atoms with Gasteiger partial charge in [0.1, 0.15) is 11.6 Å². The van der Waals surface area contributed by atoms with E-state index in [0.29, 0.717) is 18.2 Å². The lowest BCUT2D eigenvalue weighted by Gasteiger charge is -2.35. The van der Waals surface area contributed by atoms with Gasteiger partial charge in [-0.25, -0.2) is 0 Å². The number of benzene rings is 1. The zero-order valence-electron chi connectivity index (χ0n) is 21.0. The number of hydrogen-bond donors (Lipinski definition) is 2. The highest BCUT2D eigenvalue weighted by Gasteiger charge is 2.76. The van der Waals surface area contributed by atoms with E-state index in [0.717, 1.165) is 32.1 Å². The van der Waals surface area contributed by atoms with E-state index < -0.39 is 29.1 Å². The van der Waals surface area contributed by atoms with Gasteiger partial charge in [-0.2, -0.15) is 0 Å². The lowest BCUT2D eigenvalue weighted by molar-refractivity contribution is -0.144. The van der Waals surface area contributed by atoms with E-state index in [1.807, 2.05) is 49.4 Å². The molecule has 3 aliphatic heterocycles. The maximum Gasteiger partial charge on any atom is 0.246 e. The summed E-state index contributed by atoms with van der Waals surface area (Å²) in [5.74, 6) is -1.62. The first-order valence-electron chi connectivity index (χ1n) is 13.1. The molecule has 1 aromatic carbocycles. The van der Waals surface area contributed by atoms with Gasteiger partial charge in [-0.05, 0) is 44.2 Å². The average Bonchev–Trinajstić information content (AvgIpc) is 3.39. The number of para-hydroxylation sites is 1. The van der Waals surface area contributed by atoms with Gasteiger partial charge in [0.05, 0.1) is 17.4 Å². The quantitative estimate of drug-likeness (QED) is 0.585. The number of fused-ring (bicyclic) bond motifs is 1. The molecule has 5 unspecified atom stereocenters. The van der Waals surface area contributed by atoms with Crippen LogP contribution in [-0.2, 0) is 19.1 Å². The van der Waals surface area contributed by atoms with Crippen molar-refractivity contribution in [2.75, 3.05) is 11.9 Å². The SMILES string of the molecule is CC(C)CCN1C(=O)C2C(C(=O)Nc3ccccc3)C3(C)C=CC2(O3)C1C(=O)NC1CCCCC1. The predicted octanol–water partition coefficient (Wildman–Crippen LogP) is 3.66. The summed E-state index contributed by atoms with van der Waals surface area (Å²) in [6.07, 6.45) is 9.90. The van der Waals surface area contributed by atoms with Crippen LogP contribution in [0.2, 0.25) is 0 Å². The molecule has 35 heavy (non-hydrogen) atoms. The summed E-state index contributed by atoms with van der Waals surface area (Å²) < 4.78 is 6.58. The highest BCUT2D eigenvalue weighted by molar-refractivity contribution is 6.03. The van der Waals surface area contributed by atoms with Gasteiger partial charge in [-0.3, -0.25) is 14.4 Å². The Kier molecular flexibility index (Phi) is 6.24. The molecule has 1 saturated carbocycles. The summed E-state index contributed by atoms with van der Waals surface area (Å²) in [5.41, 5.74) is -1.39. The lowest BCUT2D eigenvalue weighted by atomic mass is 9.70. The second kappa shape index (κ2) is 9.08. The third kappa shape index (κ3) is 4.07. The minimum absolute atomic E-state index is 0.129. The van der Waals surface area contributed by atoms with Crippen LogP contribution in [0.15, 0.2) is 42.5 Å². The van der Waals surface area contributed by atoms with Gasteiger partial charge in [-0.15, -0.1) is 0 Å². The Balaban J connectivity index is 1.47. The third-order valence-corrected chi connectivity index (χ3v) is 8.27. The van der Waals surface area contributed by atoms with Crippen molar-refractivity contribution in [1.29, 1.82) is 0 Å². The van der Waals surface area contributed by atoms with Crippen LogP contribution in [0, 0.1) is 17.8 Å². The Morgan fingerprint density at radius 2 is 1.80 bits per heavy atom. The summed E-state index contributed by atoms with van der Waals surface area (Å²) in [7, 11) is 0. The van der Waals surface area contributed by atoms with E-state index in [4.69, 9.17) is 4.74 Å². The highest BCUT2D eigenvalue weighted by atomic mass is 16.5. The number of rotatable bonds is 7.